The molecule has 0 saturated heterocycles. The van der Waals surface area contributed by atoms with Crippen LogP contribution in [0.2, 0.25) is 0 Å². The van der Waals surface area contributed by atoms with Crippen LogP contribution in [-0.2, 0) is 13.0 Å². The number of nitrogens with one attached hydrogen (secondary N) is 1. The number of hydrogen-bond acceptors (Lipinski definition) is 1. The zero-order valence-corrected chi connectivity index (χ0v) is 8.06. The molecule has 1 aromatic carbocycles. The zero-order chi connectivity index (χ0) is 8.84. The lowest BCUT2D eigenvalue weighted by atomic mass is 9.90. The first-order chi connectivity index (χ1) is 6.36. The van der Waals surface area contributed by atoms with Crippen LogP contribution in [0.15, 0.2) is 12.1 Å². The highest BCUT2D eigenvalue weighted by molar-refractivity contribution is 5.47. The van der Waals surface area contributed by atoms with Crippen LogP contribution in [0, 0.1) is 6.92 Å². The van der Waals surface area contributed by atoms with E-state index in [2.05, 4.69) is 24.4 Å². The first-order valence-corrected chi connectivity index (χ1v) is 5.18. The number of rotatable bonds is 0. The van der Waals surface area contributed by atoms with Crippen LogP contribution < -0.4 is 5.32 Å². The van der Waals surface area contributed by atoms with Crippen molar-refractivity contribution in [2.75, 3.05) is 6.54 Å². The van der Waals surface area contributed by atoms with Crippen LogP contribution >= 0.6 is 0 Å². The van der Waals surface area contributed by atoms with E-state index >= 15 is 0 Å². The Balaban J connectivity index is 2.26. The van der Waals surface area contributed by atoms with Crippen molar-refractivity contribution in [3.63, 3.8) is 0 Å². The molecule has 2 aliphatic rings. The Morgan fingerprint density at radius 1 is 1.38 bits per heavy atom. The lowest BCUT2D eigenvalue weighted by Crippen LogP contribution is -2.27. The number of benzene rings is 1. The maximum Gasteiger partial charge on any atom is 0.0211 e. The first kappa shape index (κ1) is 7.57. The Bertz CT molecular complexity index is 354. The maximum absolute atomic E-state index is 3.52. The van der Waals surface area contributed by atoms with Crippen LogP contribution in [-0.4, -0.2) is 6.54 Å². The van der Waals surface area contributed by atoms with Crippen molar-refractivity contribution >= 4 is 0 Å². The highest BCUT2D eigenvalue weighted by atomic mass is 14.9. The van der Waals surface area contributed by atoms with Crippen molar-refractivity contribution in [1.29, 1.82) is 0 Å². The smallest absolute Gasteiger partial charge is 0.0211 e. The van der Waals surface area contributed by atoms with Gasteiger partial charge in [0.15, 0.2) is 0 Å². The molecule has 68 valence electrons. The summed E-state index contributed by atoms with van der Waals surface area (Å²) in [6.45, 7) is 4.52. The van der Waals surface area contributed by atoms with Crippen molar-refractivity contribution in [1.82, 2.24) is 5.32 Å². The van der Waals surface area contributed by atoms with E-state index in [9.17, 15) is 0 Å². The van der Waals surface area contributed by atoms with Crippen molar-refractivity contribution in [3.05, 3.63) is 34.4 Å². The SMILES string of the molecule is Cc1ccc2c3c1CNCC3CC2. The van der Waals surface area contributed by atoms with Gasteiger partial charge in [-0.15, -0.1) is 0 Å². The molecule has 1 aliphatic heterocycles. The van der Waals surface area contributed by atoms with Gasteiger partial charge in [0.2, 0.25) is 0 Å². The molecule has 0 saturated carbocycles. The minimum atomic E-state index is 0.818. The summed E-state index contributed by atoms with van der Waals surface area (Å²) in [5.41, 5.74) is 6.37. The summed E-state index contributed by atoms with van der Waals surface area (Å²) < 4.78 is 0. The maximum atomic E-state index is 3.52. The average molecular weight is 173 g/mol. The van der Waals surface area contributed by atoms with Gasteiger partial charge in [0, 0.05) is 13.1 Å². The lowest BCUT2D eigenvalue weighted by Gasteiger charge is -2.24. The fraction of sp³-hybridized carbons (Fsp3) is 0.500. The molecule has 1 aliphatic carbocycles. The van der Waals surface area contributed by atoms with Gasteiger partial charge in [-0.05, 0) is 47.9 Å². The Hall–Kier alpha value is -0.820. The Kier molecular flexibility index (Phi) is 1.50. The molecular formula is C12H15N. The molecule has 1 aromatic rings. The molecular weight excluding hydrogens is 158 g/mol. The van der Waals surface area contributed by atoms with Gasteiger partial charge in [0.1, 0.15) is 0 Å². The first-order valence-electron chi connectivity index (χ1n) is 5.18. The number of hydrogen-bond donors (Lipinski definition) is 1. The van der Waals surface area contributed by atoms with Crippen LogP contribution in [0.5, 0.6) is 0 Å². The van der Waals surface area contributed by atoms with Crippen molar-refractivity contribution in [2.24, 2.45) is 0 Å². The average Bonchev–Trinajstić information content (AvgIpc) is 2.57. The van der Waals surface area contributed by atoms with E-state index < -0.39 is 0 Å². The third-order valence-corrected chi connectivity index (χ3v) is 3.54. The second kappa shape index (κ2) is 2.58. The Morgan fingerprint density at radius 2 is 2.31 bits per heavy atom. The fourth-order valence-corrected chi connectivity index (χ4v) is 2.83. The molecule has 0 aromatic heterocycles. The fourth-order valence-electron chi connectivity index (χ4n) is 2.83. The topological polar surface area (TPSA) is 12.0 Å². The highest BCUT2D eigenvalue weighted by Gasteiger charge is 2.28. The van der Waals surface area contributed by atoms with E-state index in [-0.39, 0.29) is 0 Å². The monoisotopic (exact) mass is 173 g/mol. The van der Waals surface area contributed by atoms with Gasteiger partial charge in [-0.3, -0.25) is 0 Å². The lowest BCUT2D eigenvalue weighted by molar-refractivity contribution is 0.542. The van der Waals surface area contributed by atoms with E-state index in [0.29, 0.717) is 0 Å². The van der Waals surface area contributed by atoms with Gasteiger partial charge >= 0.3 is 0 Å². The van der Waals surface area contributed by atoms with Gasteiger partial charge in [0.05, 0.1) is 0 Å². The molecule has 0 spiro atoms. The molecule has 0 amide bonds. The highest BCUT2D eigenvalue weighted by Crippen LogP contribution is 2.38. The minimum absolute atomic E-state index is 0.818. The van der Waals surface area contributed by atoms with Gasteiger partial charge in [-0.25, -0.2) is 0 Å². The normalized spacial score (nSPS) is 24.5. The predicted molar refractivity (Wildman–Crippen MR) is 53.9 cm³/mol. The van der Waals surface area contributed by atoms with Gasteiger partial charge in [-0.2, -0.15) is 0 Å². The van der Waals surface area contributed by atoms with Crippen molar-refractivity contribution < 1.29 is 0 Å². The Labute approximate surface area is 79.2 Å². The summed E-state index contributed by atoms with van der Waals surface area (Å²) in [6.07, 6.45) is 2.66. The molecule has 0 fully saturated rings. The second-order valence-corrected chi connectivity index (χ2v) is 4.30. The second-order valence-electron chi connectivity index (χ2n) is 4.30. The molecule has 1 atom stereocenters. The molecule has 0 radical (unpaired) electrons. The van der Waals surface area contributed by atoms with Crippen molar-refractivity contribution in [3.8, 4) is 0 Å². The summed E-state index contributed by atoms with van der Waals surface area (Å²) in [7, 11) is 0. The summed E-state index contributed by atoms with van der Waals surface area (Å²) in [4.78, 5) is 0. The van der Waals surface area contributed by atoms with E-state index in [1.165, 1.54) is 24.9 Å². The van der Waals surface area contributed by atoms with Crippen LogP contribution in [0.4, 0.5) is 0 Å². The minimum Gasteiger partial charge on any atom is -0.312 e. The van der Waals surface area contributed by atoms with Crippen LogP contribution in [0.1, 0.15) is 34.6 Å². The Morgan fingerprint density at radius 3 is 3.23 bits per heavy atom. The molecule has 1 unspecified atom stereocenters. The van der Waals surface area contributed by atoms with Gasteiger partial charge in [-0.1, -0.05) is 12.1 Å². The quantitative estimate of drug-likeness (QED) is 0.633. The zero-order valence-electron chi connectivity index (χ0n) is 8.06. The largest absolute Gasteiger partial charge is 0.312 e. The van der Waals surface area contributed by atoms with Crippen molar-refractivity contribution in [2.45, 2.75) is 32.2 Å². The number of aryl methyl sites for hydroxylation is 2. The van der Waals surface area contributed by atoms with Gasteiger partial charge < -0.3 is 5.32 Å². The molecule has 13 heavy (non-hydrogen) atoms. The molecule has 0 bridgehead atoms. The molecule has 1 nitrogen and oxygen atoms in total. The van der Waals surface area contributed by atoms with E-state index in [4.69, 9.17) is 0 Å². The molecule has 1 N–H and O–H groups in total. The molecule has 1 heteroatoms. The molecule has 3 rings (SSSR count). The summed E-state index contributed by atoms with van der Waals surface area (Å²) in [6, 6.07) is 4.61. The third-order valence-electron chi connectivity index (χ3n) is 3.54. The standard InChI is InChI=1S/C12H15N/c1-8-2-3-9-4-5-10-6-13-7-11(8)12(9)10/h2-3,10,13H,4-7H2,1H3. The van der Waals surface area contributed by atoms with E-state index in [1.807, 2.05) is 0 Å². The third kappa shape index (κ3) is 0.969. The van der Waals surface area contributed by atoms with E-state index in [1.54, 1.807) is 16.7 Å². The summed E-state index contributed by atoms with van der Waals surface area (Å²) in [5, 5.41) is 3.52. The molecule has 1 heterocycles. The summed E-state index contributed by atoms with van der Waals surface area (Å²) >= 11 is 0. The predicted octanol–water partition coefficient (Wildman–Crippen LogP) is 2.13. The van der Waals surface area contributed by atoms with Crippen LogP contribution in [0.3, 0.4) is 0 Å². The van der Waals surface area contributed by atoms with E-state index in [0.717, 1.165) is 12.5 Å². The summed E-state index contributed by atoms with van der Waals surface area (Å²) in [5.74, 6) is 0.818. The van der Waals surface area contributed by atoms with Crippen LogP contribution in [0.25, 0.3) is 0 Å². The van der Waals surface area contributed by atoms with Gasteiger partial charge in [0.25, 0.3) is 0 Å².